The van der Waals surface area contributed by atoms with Gasteiger partial charge in [-0.3, -0.25) is 9.59 Å². The number of halogens is 2. The minimum atomic E-state index is -0.247. The van der Waals surface area contributed by atoms with Crippen molar-refractivity contribution in [2.24, 2.45) is 0 Å². The van der Waals surface area contributed by atoms with Gasteiger partial charge < -0.3 is 20.1 Å². The molecular formula is C20H22Cl2N2O4S2. The van der Waals surface area contributed by atoms with Gasteiger partial charge in [-0.1, -0.05) is 21.6 Å². The van der Waals surface area contributed by atoms with Crippen LogP contribution in [-0.2, 0) is 0 Å². The molecule has 0 heterocycles. The van der Waals surface area contributed by atoms with E-state index in [-0.39, 0.29) is 11.8 Å². The Hall–Kier alpha value is -1.74. The molecule has 0 saturated carbocycles. The lowest BCUT2D eigenvalue weighted by Crippen LogP contribution is -2.26. The number of rotatable bonds is 11. The van der Waals surface area contributed by atoms with E-state index in [1.165, 1.54) is 21.6 Å². The molecule has 0 fully saturated rings. The molecule has 2 aromatic rings. The molecule has 0 aliphatic heterocycles. The Morgan fingerprint density at radius 2 is 1.33 bits per heavy atom. The van der Waals surface area contributed by atoms with Crippen molar-refractivity contribution < 1.29 is 19.1 Å². The summed E-state index contributed by atoms with van der Waals surface area (Å²) in [6, 6.07) is 10.5. The van der Waals surface area contributed by atoms with E-state index in [0.29, 0.717) is 52.4 Å². The van der Waals surface area contributed by atoms with Crippen molar-refractivity contribution in [2.45, 2.75) is 9.79 Å². The number of carbonyl (C=O) groups is 2. The molecule has 2 aromatic carbocycles. The Morgan fingerprint density at radius 1 is 0.800 bits per heavy atom. The average molecular weight is 489 g/mol. The highest BCUT2D eigenvalue weighted by Crippen LogP contribution is 2.42. The fourth-order valence-corrected chi connectivity index (χ4v) is 4.91. The average Bonchev–Trinajstić information content (AvgIpc) is 2.79. The zero-order chi connectivity index (χ0) is 21.9. The molecule has 6 nitrogen and oxygen atoms in total. The number of hydrogen-bond acceptors (Lipinski definition) is 6. The SMILES string of the molecule is COc1ccc(C(=O)NCCCl)c(SSc2ccc(OC)cc2C(=O)NCCCl)c1. The maximum atomic E-state index is 12.6. The normalized spacial score (nSPS) is 10.4. The van der Waals surface area contributed by atoms with Gasteiger partial charge >= 0.3 is 0 Å². The van der Waals surface area contributed by atoms with Crippen LogP contribution < -0.4 is 20.1 Å². The maximum Gasteiger partial charge on any atom is 0.252 e. The predicted molar refractivity (Wildman–Crippen MR) is 124 cm³/mol. The van der Waals surface area contributed by atoms with Crippen molar-refractivity contribution >= 4 is 56.6 Å². The van der Waals surface area contributed by atoms with Crippen molar-refractivity contribution in [2.75, 3.05) is 39.1 Å². The number of nitrogens with one attached hydrogen (secondary N) is 2. The third kappa shape index (κ3) is 6.91. The maximum absolute atomic E-state index is 12.6. The van der Waals surface area contributed by atoms with Gasteiger partial charge in [0.05, 0.1) is 25.3 Å². The fourth-order valence-electron chi connectivity index (χ4n) is 2.37. The highest BCUT2D eigenvalue weighted by molar-refractivity contribution is 8.76. The Morgan fingerprint density at radius 3 is 1.93 bits per heavy atom. The van der Waals surface area contributed by atoms with E-state index >= 15 is 0 Å². The topological polar surface area (TPSA) is 76.7 Å². The molecule has 30 heavy (non-hydrogen) atoms. The van der Waals surface area contributed by atoms with Crippen molar-refractivity contribution in [1.82, 2.24) is 10.6 Å². The van der Waals surface area contributed by atoms with Crippen LogP contribution in [0.25, 0.3) is 0 Å². The second-order valence-electron chi connectivity index (χ2n) is 5.78. The molecule has 2 N–H and O–H groups in total. The van der Waals surface area contributed by atoms with Crippen molar-refractivity contribution in [3.05, 3.63) is 47.5 Å². The van der Waals surface area contributed by atoms with E-state index < -0.39 is 0 Å². The highest BCUT2D eigenvalue weighted by atomic mass is 35.5. The van der Waals surface area contributed by atoms with Gasteiger partial charge in [-0.15, -0.1) is 23.2 Å². The molecule has 0 aliphatic rings. The standard InChI is InChI=1S/C20H22Cl2N2O4S2/c1-27-13-4-6-17(16(11-13)20(26)24-10-8-22)29-30-18-12-14(28-2)3-5-15(18)19(25)23-9-7-21/h3-6,11-12H,7-10H2,1-2H3,(H,23,25)(H,24,26). The fraction of sp³-hybridized carbons (Fsp3) is 0.300. The second kappa shape index (κ2) is 12.8. The van der Waals surface area contributed by atoms with Crippen LogP contribution in [0.15, 0.2) is 46.2 Å². The van der Waals surface area contributed by atoms with Gasteiger partial charge in [-0.25, -0.2) is 0 Å². The minimum absolute atomic E-state index is 0.226. The number of alkyl halides is 2. The van der Waals surface area contributed by atoms with E-state index in [1.54, 1.807) is 50.6 Å². The van der Waals surface area contributed by atoms with Gasteiger partial charge in [-0.2, -0.15) is 0 Å². The van der Waals surface area contributed by atoms with Crippen LogP contribution in [0.3, 0.4) is 0 Å². The molecule has 0 bridgehead atoms. The van der Waals surface area contributed by atoms with Crippen LogP contribution in [-0.4, -0.2) is 50.9 Å². The van der Waals surface area contributed by atoms with E-state index in [2.05, 4.69) is 10.6 Å². The summed E-state index contributed by atoms with van der Waals surface area (Å²) < 4.78 is 10.5. The van der Waals surface area contributed by atoms with Gasteiger partial charge in [-0.05, 0) is 36.4 Å². The number of amides is 2. The molecule has 2 amide bonds. The van der Waals surface area contributed by atoms with Gasteiger partial charge in [0.15, 0.2) is 0 Å². The second-order valence-corrected chi connectivity index (χ2v) is 8.75. The molecule has 0 atom stereocenters. The Bertz CT molecular complexity index is 884. The number of carbonyl (C=O) groups excluding carboxylic acids is 2. The Balaban J connectivity index is 2.29. The molecular weight excluding hydrogens is 467 g/mol. The van der Waals surface area contributed by atoms with E-state index in [9.17, 15) is 9.59 Å². The van der Waals surface area contributed by atoms with E-state index in [0.717, 1.165) is 4.90 Å². The monoisotopic (exact) mass is 488 g/mol. The molecule has 0 saturated heterocycles. The smallest absolute Gasteiger partial charge is 0.252 e. The van der Waals surface area contributed by atoms with Crippen LogP contribution in [0, 0.1) is 0 Å². The van der Waals surface area contributed by atoms with Crippen LogP contribution in [0.2, 0.25) is 0 Å². The molecule has 0 aliphatic carbocycles. The molecule has 0 spiro atoms. The first-order valence-electron chi connectivity index (χ1n) is 8.93. The van der Waals surface area contributed by atoms with Gasteiger partial charge in [0.1, 0.15) is 11.5 Å². The highest BCUT2D eigenvalue weighted by Gasteiger charge is 2.17. The number of hydrogen-bond donors (Lipinski definition) is 2. The Labute approximate surface area is 193 Å². The van der Waals surface area contributed by atoms with E-state index in [4.69, 9.17) is 32.7 Å². The van der Waals surface area contributed by atoms with Crippen LogP contribution in [0.1, 0.15) is 20.7 Å². The quantitative estimate of drug-likeness (QED) is 0.359. The van der Waals surface area contributed by atoms with Crippen molar-refractivity contribution in [1.29, 1.82) is 0 Å². The van der Waals surface area contributed by atoms with Gasteiger partial charge in [0.2, 0.25) is 0 Å². The first kappa shape index (κ1) is 24.5. The molecule has 0 radical (unpaired) electrons. The van der Waals surface area contributed by atoms with Gasteiger partial charge in [0.25, 0.3) is 11.8 Å². The lowest BCUT2D eigenvalue weighted by molar-refractivity contribution is 0.0944. The third-order valence-corrected chi connectivity index (χ3v) is 6.69. The Kier molecular flexibility index (Phi) is 10.5. The van der Waals surface area contributed by atoms with Crippen molar-refractivity contribution in [3.63, 3.8) is 0 Å². The summed E-state index contributed by atoms with van der Waals surface area (Å²) in [6.45, 7) is 0.725. The summed E-state index contributed by atoms with van der Waals surface area (Å²) in [6.07, 6.45) is 0. The lowest BCUT2D eigenvalue weighted by atomic mass is 10.2. The van der Waals surface area contributed by atoms with Crippen LogP contribution in [0.5, 0.6) is 11.5 Å². The van der Waals surface area contributed by atoms with Gasteiger partial charge in [0, 0.05) is 34.6 Å². The summed E-state index contributed by atoms with van der Waals surface area (Å²) in [5.41, 5.74) is 0.966. The summed E-state index contributed by atoms with van der Waals surface area (Å²) in [5.74, 6) is 1.37. The summed E-state index contributed by atoms with van der Waals surface area (Å²) in [4.78, 5) is 26.5. The molecule has 2 rings (SSSR count). The summed E-state index contributed by atoms with van der Waals surface area (Å²) in [5, 5.41) is 5.53. The molecule has 0 unspecified atom stereocenters. The first-order chi connectivity index (χ1) is 14.5. The largest absolute Gasteiger partial charge is 0.497 e. The van der Waals surface area contributed by atoms with E-state index in [1.807, 2.05) is 0 Å². The summed E-state index contributed by atoms with van der Waals surface area (Å²) in [7, 11) is 5.82. The molecule has 0 aromatic heterocycles. The predicted octanol–water partition coefficient (Wildman–Crippen LogP) is 4.44. The molecule has 10 heteroatoms. The lowest BCUT2D eigenvalue weighted by Gasteiger charge is -2.13. The zero-order valence-corrected chi connectivity index (χ0v) is 19.6. The zero-order valence-electron chi connectivity index (χ0n) is 16.5. The summed E-state index contributed by atoms with van der Waals surface area (Å²) >= 11 is 11.3. The minimum Gasteiger partial charge on any atom is -0.497 e. The number of methoxy groups -OCH3 is 2. The van der Waals surface area contributed by atoms with Crippen molar-refractivity contribution in [3.8, 4) is 11.5 Å². The first-order valence-corrected chi connectivity index (χ1v) is 12.1. The van der Waals surface area contributed by atoms with Crippen LogP contribution in [0.4, 0.5) is 0 Å². The number of benzene rings is 2. The third-order valence-electron chi connectivity index (χ3n) is 3.85. The number of ether oxygens (including phenoxy) is 2. The molecule has 162 valence electrons. The van der Waals surface area contributed by atoms with Crippen LogP contribution >= 0.6 is 44.8 Å².